The zero-order chi connectivity index (χ0) is 25.1. The van der Waals surface area contributed by atoms with Crippen LogP contribution in [0.3, 0.4) is 0 Å². The first-order valence-electron chi connectivity index (χ1n) is 11.4. The lowest BCUT2D eigenvalue weighted by Crippen LogP contribution is -2.32. The van der Waals surface area contributed by atoms with Crippen molar-refractivity contribution in [1.29, 1.82) is 0 Å². The van der Waals surface area contributed by atoms with Gasteiger partial charge in [0.05, 0.1) is 16.8 Å². The van der Waals surface area contributed by atoms with Gasteiger partial charge in [0.25, 0.3) is 0 Å². The van der Waals surface area contributed by atoms with Crippen molar-refractivity contribution >= 4 is 52.1 Å². The van der Waals surface area contributed by atoms with Crippen LogP contribution in [0.5, 0.6) is 0 Å². The standard InChI is InChI=1S/C27H22Cl2N4O2S/c28-17-9-10-19(20(29)16-17)22-11-12-23(35-22)26-25(21-8-4-5-14-30-21)32-27(36)33(26)15-13-24(34)31-18-6-2-1-3-7-18/h1-12,14,16,25-26H,13,15H2,(H,31,34)(H,32,36)/t25-,26+/m0/s1. The molecule has 0 spiro atoms. The summed E-state index contributed by atoms with van der Waals surface area (Å²) >= 11 is 18.2. The summed E-state index contributed by atoms with van der Waals surface area (Å²) in [6.07, 6.45) is 1.99. The highest BCUT2D eigenvalue weighted by molar-refractivity contribution is 7.80. The lowest BCUT2D eigenvalue weighted by Gasteiger charge is -2.25. The van der Waals surface area contributed by atoms with Gasteiger partial charge in [-0.3, -0.25) is 9.78 Å². The molecular weight excluding hydrogens is 515 g/mol. The number of thiocarbonyl (C=S) groups is 1. The third-order valence-electron chi connectivity index (χ3n) is 5.95. The number of carbonyl (C=O) groups is 1. The Hall–Kier alpha value is -3.39. The number of anilines is 1. The maximum atomic E-state index is 12.7. The van der Waals surface area contributed by atoms with Crippen molar-refractivity contribution in [1.82, 2.24) is 15.2 Å². The number of para-hydroxylation sites is 1. The Balaban J connectivity index is 1.42. The fraction of sp³-hybridized carbons (Fsp3) is 0.148. The Morgan fingerprint density at radius 1 is 1.06 bits per heavy atom. The van der Waals surface area contributed by atoms with Gasteiger partial charge in [0.1, 0.15) is 17.6 Å². The second kappa shape index (κ2) is 10.7. The fourth-order valence-corrected chi connectivity index (χ4v) is 5.10. The van der Waals surface area contributed by atoms with Crippen molar-refractivity contribution in [2.75, 3.05) is 11.9 Å². The predicted molar refractivity (Wildman–Crippen MR) is 146 cm³/mol. The number of nitrogens with one attached hydrogen (secondary N) is 2. The van der Waals surface area contributed by atoms with E-state index in [-0.39, 0.29) is 24.4 Å². The molecule has 0 saturated carbocycles. The van der Waals surface area contributed by atoms with Crippen molar-refractivity contribution in [2.24, 2.45) is 0 Å². The SMILES string of the molecule is O=C(CCN1C(=S)N[C@@H](c2ccccn2)[C@H]1c1ccc(-c2ccc(Cl)cc2Cl)o1)Nc1ccccc1. The summed E-state index contributed by atoms with van der Waals surface area (Å²) in [6.45, 7) is 0.399. The Kier molecular flexibility index (Phi) is 7.23. The normalized spacial score (nSPS) is 17.2. The number of nitrogens with zero attached hydrogens (tertiary/aromatic N) is 2. The summed E-state index contributed by atoms with van der Waals surface area (Å²) in [5.41, 5.74) is 2.32. The van der Waals surface area contributed by atoms with Crippen molar-refractivity contribution < 1.29 is 9.21 Å². The highest BCUT2D eigenvalue weighted by Gasteiger charge is 2.41. The van der Waals surface area contributed by atoms with E-state index in [1.54, 1.807) is 18.3 Å². The van der Waals surface area contributed by atoms with E-state index in [0.29, 0.717) is 33.2 Å². The van der Waals surface area contributed by atoms with Crippen LogP contribution in [-0.4, -0.2) is 27.4 Å². The number of furan rings is 1. The Bertz CT molecular complexity index is 1380. The number of halogens is 2. The molecule has 4 aromatic rings. The van der Waals surface area contributed by atoms with Crippen molar-refractivity contribution in [3.05, 3.63) is 107 Å². The Morgan fingerprint density at radius 2 is 1.86 bits per heavy atom. The van der Waals surface area contributed by atoms with Crippen LogP contribution in [-0.2, 0) is 4.79 Å². The first-order chi connectivity index (χ1) is 17.5. The number of hydrogen-bond donors (Lipinski definition) is 2. The number of rotatable bonds is 7. The molecule has 3 heterocycles. The third kappa shape index (κ3) is 5.23. The fourth-order valence-electron chi connectivity index (χ4n) is 4.27. The second-order valence-electron chi connectivity index (χ2n) is 8.31. The van der Waals surface area contributed by atoms with Crippen LogP contribution in [0, 0.1) is 0 Å². The number of carbonyl (C=O) groups excluding carboxylic acids is 1. The molecule has 2 aromatic heterocycles. The molecule has 5 rings (SSSR count). The first-order valence-corrected chi connectivity index (χ1v) is 12.5. The second-order valence-corrected chi connectivity index (χ2v) is 9.54. The minimum Gasteiger partial charge on any atom is -0.459 e. The first kappa shape index (κ1) is 24.3. The van der Waals surface area contributed by atoms with Crippen LogP contribution < -0.4 is 10.6 Å². The van der Waals surface area contributed by atoms with Crippen LogP contribution >= 0.6 is 35.4 Å². The van der Waals surface area contributed by atoms with E-state index in [1.807, 2.05) is 71.6 Å². The van der Waals surface area contributed by atoms with Gasteiger partial charge in [0, 0.05) is 35.4 Å². The molecule has 1 amide bonds. The summed E-state index contributed by atoms with van der Waals surface area (Å²) in [6, 6.07) is 23.6. The number of hydrogen-bond acceptors (Lipinski definition) is 4. The van der Waals surface area contributed by atoms with E-state index in [9.17, 15) is 4.79 Å². The van der Waals surface area contributed by atoms with Crippen molar-refractivity contribution in [2.45, 2.75) is 18.5 Å². The molecule has 2 N–H and O–H groups in total. The van der Waals surface area contributed by atoms with Crippen LogP contribution in [0.1, 0.15) is 30.0 Å². The highest BCUT2D eigenvalue weighted by atomic mass is 35.5. The molecule has 2 aromatic carbocycles. The van der Waals surface area contributed by atoms with Gasteiger partial charge in [-0.15, -0.1) is 0 Å². The quantitative estimate of drug-likeness (QED) is 0.257. The van der Waals surface area contributed by atoms with E-state index in [1.165, 1.54) is 0 Å². The molecule has 1 saturated heterocycles. The van der Waals surface area contributed by atoms with Crippen molar-refractivity contribution in [3.8, 4) is 11.3 Å². The zero-order valence-electron chi connectivity index (χ0n) is 19.0. The van der Waals surface area contributed by atoms with Gasteiger partial charge < -0.3 is 20.0 Å². The summed E-state index contributed by atoms with van der Waals surface area (Å²) in [5.74, 6) is 1.20. The van der Waals surface area contributed by atoms with E-state index >= 15 is 0 Å². The molecule has 1 fully saturated rings. The molecular formula is C27H22Cl2N4O2S. The zero-order valence-corrected chi connectivity index (χ0v) is 21.4. The Labute approximate surface area is 224 Å². The summed E-state index contributed by atoms with van der Waals surface area (Å²) < 4.78 is 6.31. The van der Waals surface area contributed by atoms with Crippen LogP contribution in [0.4, 0.5) is 5.69 Å². The number of benzene rings is 2. The molecule has 182 valence electrons. The van der Waals surface area contributed by atoms with Gasteiger partial charge in [-0.2, -0.15) is 0 Å². The molecule has 36 heavy (non-hydrogen) atoms. The van der Waals surface area contributed by atoms with E-state index in [4.69, 9.17) is 39.8 Å². The predicted octanol–water partition coefficient (Wildman–Crippen LogP) is 6.65. The molecule has 1 aliphatic heterocycles. The van der Waals surface area contributed by atoms with Gasteiger partial charge >= 0.3 is 0 Å². The molecule has 6 nitrogen and oxygen atoms in total. The van der Waals surface area contributed by atoms with Gasteiger partial charge in [-0.1, -0.05) is 47.5 Å². The molecule has 1 aliphatic rings. The highest BCUT2D eigenvalue weighted by Crippen LogP contribution is 2.41. The largest absolute Gasteiger partial charge is 0.459 e. The minimum atomic E-state index is -0.309. The van der Waals surface area contributed by atoms with Gasteiger partial charge in [-0.25, -0.2) is 0 Å². The smallest absolute Gasteiger partial charge is 0.226 e. The van der Waals surface area contributed by atoms with Gasteiger partial charge in [-0.05, 0) is 66.8 Å². The summed E-state index contributed by atoms with van der Waals surface area (Å²) in [7, 11) is 0. The molecule has 9 heteroatoms. The number of aromatic nitrogens is 1. The topological polar surface area (TPSA) is 70.4 Å². The van der Waals surface area contributed by atoms with Gasteiger partial charge in [0.2, 0.25) is 5.91 Å². The minimum absolute atomic E-state index is 0.0999. The Morgan fingerprint density at radius 3 is 2.61 bits per heavy atom. The van der Waals surface area contributed by atoms with E-state index < -0.39 is 0 Å². The van der Waals surface area contributed by atoms with Crippen LogP contribution in [0.2, 0.25) is 10.0 Å². The monoisotopic (exact) mass is 536 g/mol. The summed E-state index contributed by atoms with van der Waals surface area (Å²) in [5, 5.41) is 7.88. The van der Waals surface area contributed by atoms with E-state index in [2.05, 4.69) is 15.6 Å². The molecule has 0 aliphatic carbocycles. The maximum Gasteiger partial charge on any atom is 0.226 e. The lowest BCUT2D eigenvalue weighted by molar-refractivity contribution is -0.116. The summed E-state index contributed by atoms with van der Waals surface area (Å²) in [4.78, 5) is 19.2. The maximum absolute atomic E-state index is 12.7. The van der Waals surface area contributed by atoms with Crippen LogP contribution in [0.15, 0.2) is 89.5 Å². The molecule has 0 unspecified atom stereocenters. The van der Waals surface area contributed by atoms with Crippen molar-refractivity contribution in [3.63, 3.8) is 0 Å². The van der Waals surface area contributed by atoms with E-state index in [0.717, 1.165) is 16.9 Å². The molecule has 0 radical (unpaired) electrons. The number of pyridine rings is 1. The van der Waals surface area contributed by atoms with Crippen LogP contribution in [0.25, 0.3) is 11.3 Å². The lowest BCUT2D eigenvalue weighted by atomic mass is 10.0. The molecule has 0 bridgehead atoms. The average molecular weight is 537 g/mol. The molecule has 2 atom stereocenters. The third-order valence-corrected chi connectivity index (χ3v) is 6.85. The van der Waals surface area contributed by atoms with Gasteiger partial charge in [0.15, 0.2) is 5.11 Å². The number of amides is 1. The average Bonchev–Trinajstić information content (AvgIpc) is 3.48.